The van der Waals surface area contributed by atoms with Crippen LogP contribution in [-0.2, 0) is 16.1 Å². The maximum atomic E-state index is 12.8. The third kappa shape index (κ3) is 6.84. The predicted molar refractivity (Wildman–Crippen MR) is 70.8 cm³/mol. The Morgan fingerprint density at radius 3 is 2.15 bits per heavy atom. The standard InChI is InChI=1S/C14H18FNO4/c15-12-5-3-11(4-6-12)10-16(9-7-14(19)20)8-1-2-13(17)18/h3-6H,1-2,7-10H2,(H,17,18)(H,19,20). The molecule has 0 aliphatic heterocycles. The number of carbonyl (C=O) groups is 2. The van der Waals surface area contributed by atoms with Crippen molar-refractivity contribution < 1.29 is 24.2 Å². The number of nitrogens with zero attached hydrogens (tertiary/aromatic N) is 1. The van der Waals surface area contributed by atoms with E-state index >= 15 is 0 Å². The zero-order valence-electron chi connectivity index (χ0n) is 11.1. The van der Waals surface area contributed by atoms with E-state index in [-0.39, 0.29) is 18.7 Å². The molecule has 5 nitrogen and oxygen atoms in total. The Balaban J connectivity index is 2.53. The third-order valence-corrected chi connectivity index (χ3v) is 2.83. The van der Waals surface area contributed by atoms with Crippen LogP contribution in [0.25, 0.3) is 0 Å². The molecular weight excluding hydrogens is 265 g/mol. The first kappa shape index (κ1) is 16.1. The quantitative estimate of drug-likeness (QED) is 0.724. The fourth-order valence-electron chi connectivity index (χ4n) is 1.83. The van der Waals surface area contributed by atoms with Crippen molar-refractivity contribution in [3.63, 3.8) is 0 Å². The van der Waals surface area contributed by atoms with E-state index in [2.05, 4.69) is 0 Å². The van der Waals surface area contributed by atoms with Crippen molar-refractivity contribution in [3.05, 3.63) is 35.6 Å². The number of carboxylic acids is 2. The van der Waals surface area contributed by atoms with Gasteiger partial charge in [0.2, 0.25) is 0 Å². The normalized spacial score (nSPS) is 10.7. The number of rotatable bonds is 9. The van der Waals surface area contributed by atoms with E-state index in [1.54, 1.807) is 12.1 Å². The Morgan fingerprint density at radius 1 is 1.00 bits per heavy atom. The molecule has 0 spiro atoms. The van der Waals surface area contributed by atoms with Gasteiger partial charge in [0, 0.05) is 19.5 Å². The van der Waals surface area contributed by atoms with Gasteiger partial charge >= 0.3 is 11.9 Å². The lowest BCUT2D eigenvalue weighted by Crippen LogP contribution is -2.27. The fraction of sp³-hybridized carbons (Fsp3) is 0.429. The van der Waals surface area contributed by atoms with E-state index in [0.29, 0.717) is 26.1 Å². The van der Waals surface area contributed by atoms with Crippen LogP contribution in [0.2, 0.25) is 0 Å². The first-order valence-corrected chi connectivity index (χ1v) is 6.38. The van der Waals surface area contributed by atoms with E-state index in [4.69, 9.17) is 10.2 Å². The number of carboxylic acid groups (broad SMARTS) is 2. The average Bonchev–Trinajstić information content (AvgIpc) is 2.37. The summed E-state index contributed by atoms with van der Waals surface area (Å²) in [5.74, 6) is -2.09. The van der Waals surface area contributed by atoms with Crippen LogP contribution in [0.1, 0.15) is 24.8 Å². The Hall–Kier alpha value is -1.95. The van der Waals surface area contributed by atoms with Crippen LogP contribution < -0.4 is 0 Å². The van der Waals surface area contributed by atoms with Gasteiger partial charge in [0.1, 0.15) is 5.82 Å². The first-order valence-electron chi connectivity index (χ1n) is 6.38. The molecule has 0 fully saturated rings. The minimum atomic E-state index is -0.896. The SMILES string of the molecule is O=C(O)CCCN(CCC(=O)O)Cc1ccc(F)cc1. The lowest BCUT2D eigenvalue weighted by atomic mass is 10.2. The van der Waals surface area contributed by atoms with Crippen molar-refractivity contribution in [2.45, 2.75) is 25.8 Å². The zero-order chi connectivity index (χ0) is 15.0. The fourth-order valence-corrected chi connectivity index (χ4v) is 1.83. The molecule has 110 valence electrons. The zero-order valence-corrected chi connectivity index (χ0v) is 11.1. The summed E-state index contributed by atoms with van der Waals surface area (Å²) in [4.78, 5) is 23.0. The van der Waals surface area contributed by atoms with Crippen molar-refractivity contribution in [3.8, 4) is 0 Å². The summed E-state index contributed by atoms with van der Waals surface area (Å²) in [7, 11) is 0. The average molecular weight is 283 g/mol. The van der Waals surface area contributed by atoms with Gasteiger partial charge in [0.15, 0.2) is 0 Å². The minimum Gasteiger partial charge on any atom is -0.481 e. The van der Waals surface area contributed by atoms with Gasteiger partial charge in [-0.15, -0.1) is 0 Å². The molecule has 0 saturated carbocycles. The summed E-state index contributed by atoms with van der Waals surface area (Å²) in [6.07, 6.45) is 0.497. The van der Waals surface area contributed by atoms with Crippen LogP contribution in [0.4, 0.5) is 4.39 Å². The van der Waals surface area contributed by atoms with Crippen LogP contribution in [0.3, 0.4) is 0 Å². The largest absolute Gasteiger partial charge is 0.481 e. The third-order valence-electron chi connectivity index (χ3n) is 2.83. The molecule has 1 rings (SSSR count). The van der Waals surface area contributed by atoms with Gasteiger partial charge in [-0.1, -0.05) is 12.1 Å². The molecule has 0 aliphatic rings. The van der Waals surface area contributed by atoms with Crippen molar-refractivity contribution in [2.24, 2.45) is 0 Å². The second-order valence-corrected chi connectivity index (χ2v) is 4.54. The van der Waals surface area contributed by atoms with Gasteiger partial charge in [-0.2, -0.15) is 0 Å². The molecule has 0 atom stereocenters. The monoisotopic (exact) mass is 283 g/mol. The van der Waals surface area contributed by atoms with E-state index in [1.807, 2.05) is 4.90 Å². The maximum absolute atomic E-state index is 12.8. The highest BCUT2D eigenvalue weighted by Crippen LogP contribution is 2.08. The summed E-state index contributed by atoms with van der Waals surface area (Å²) in [6.45, 7) is 1.32. The Bertz CT molecular complexity index is 447. The van der Waals surface area contributed by atoms with Crippen molar-refractivity contribution in [1.82, 2.24) is 4.90 Å². The summed E-state index contributed by atoms with van der Waals surface area (Å²) in [5, 5.41) is 17.3. The second kappa shape index (κ2) is 8.27. The summed E-state index contributed by atoms with van der Waals surface area (Å²) in [6, 6.07) is 5.98. The van der Waals surface area contributed by atoms with E-state index in [0.717, 1.165) is 5.56 Å². The molecule has 0 saturated heterocycles. The van der Waals surface area contributed by atoms with Gasteiger partial charge < -0.3 is 10.2 Å². The van der Waals surface area contributed by atoms with Crippen LogP contribution in [-0.4, -0.2) is 40.1 Å². The van der Waals surface area contributed by atoms with Crippen molar-refractivity contribution in [2.75, 3.05) is 13.1 Å². The van der Waals surface area contributed by atoms with Gasteiger partial charge in [0.05, 0.1) is 6.42 Å². The Labute approximate surface area is 116 Å². The molecule has 0 heterocycles. The molecule has 0 unspecified atom stereocenters. The van der Waals surface area contributed by atoms with Crippen LogP contribution in [0, 0.1) is 5.82 Å². The lowest BCUT2D eigenvalue weighted by Gasteiger charge is -2.21. The number of aliphatic carboxylic acids is 2. The van der Waals surface area contributed by atoms with Crippen molar-refractivity contribution >= 4 is 11.9 Å². The molecule has 0 aliphatic carbocycles. The highest BCUT2D eigenvalue weighted by molar-refractivity contribution is 5.67. The molecular formula is C14H18FNO4. The maximum Gasteiger partial charge on any atom is 0.304 e. The number of hydrogen-bond donors (Lipinski definition) is 2. The molecule has 0 radical (unpaired) electrons. The number of benzene rings is 1. The summed E-state index contributed by atoms with van der Waals surface area (Å²) in [5.41, 5.74) is 0.868. The van der Waals surface area contributed by atoms with Gasteiger partial charge in [-0.05, 0) is 30.7 Å². The molecule has 0 amide bonds. The molecule has 1 aromatic rings. The number of halogens is 1. The molecule has 20 heavy (non-hydrogen) atoms. The minimum absolute atomic E-state index is 0.00569. The molecule has 2 N–H and O–H groups in total. The van der Waals surface area contributed by atoms with Gasteiger partial charge in [0.25, 0.3) is 0 Å². The lowest BCUT2D eigenvalue weighted by molar-refractivity contribution is -0.138. The summed E-state index contributed by atoms with van der Waals surface area (Å²) < 4.78 is 12.8. The second-order valence-electron chi connectivity index (χ2n) is 4.54. The number of hydrogen-bond acceptors (Lipinski definition) is 3. The van der Waals surface area contributed by atoms with E-state index in [9.17, 15) is 14.0 Å². The van der Waals surface area contributed by atoms with E-state index in [1.165, 1.54) is 12.1 Å². The van der Waals surface area contributed by atoms with Crippen molar-refractivity contribution in [1.29, 1.82) is 0 Å². The van der Waals surface area contributed by atoms with E-state index < -0.39 is 11.9 Å². The van der Waals surface area contributed by atoms with Crippen LogP contribution in [0.15, 0.2) is 24.3 Å². The van der Waals surface area contributed by atoms with Crippen LogP contribution >= 0.6 is 0 Å². The smallest absolute Gasteiger partial charge is 0.304 e. The predicted octanol–water partition coefficient (Wildman–Crippen LogP) is 1.97. The molecule has 0 bridgehead atoms. The van der Waals surface area contributed by atoms with Gasteiger partial charge in [-0.25, -0.2) is 4.39 Å². The highest BCUT2D eigenvalue weighted by atomic mass is 19.1. The first-order chi connectivity index (χ1) is 9.47. The Morgan fingerprint density at radius 2 is 1.60 bits per heavy atom. The Kier molecular flexibility index (Phi) is 6.66. The molecule has 0 aromatic heterocycles. The van der Waals surface area contributed by atoms with Gasteiger partial charge in [-0.3, -0.25) is 14.5 Å². The van der Waals surface area contributed by atoms with Crippen LogP contribution in [0.5, 0.6) is 0 Å². The highest BCUT2D eigenvalue weighted by Gasteiger charge is 2.09. The summed E-state index contributed by atoms with van der Waals surface area (Å²) >= 11 is 0. The molecule has 6 heteroatoms. The topological polar surface area (TPSA) is 77.8 Å². The molecule has 1 aromatic carbocycles.